The normalized spacial score (nSPS) is 13.3. The molecule has 0 amide bonds. The second-order valence-corrected chi connectivity index (χ2v) is 4.93. The molecule has 0 saturated heterocycles. The Hall–Kier alpha value is -0.370. The van der Waals surface area contributed by atoms with Crippen molar-refractivity contribution in [3.8, 4) is 0 Å². The van der Waals surface area contributed by atoms with Gasteiger partial charge in [0.2, 0.25) is 0 Å². The van der Waals surface area contributed by atoms with Crippen LogP contribution in [-0.2, 0) is 0 Å². The van der Waals surface area contributed by atoms with Crippen molar-refractivity contribution in [2.75, 3.05) is 0 Å². The van der Waals surface area contributed by atoms with Gasteiger partial charge in [0.1, 0.15) is 0 Å². The van der Waals surface area contributed by atoms with Gasteiger partial charge in [0.25, 0.3) is 0 Å². The van der Waals surface area contributed by atoms with E-state index in [0.29, 0.717) is 0 Å². The van der Waals surface area contributed by atoms with E-state index >= 15 is 0 Å². The Kier molecular flexibility index (Phi) is 3.73. The summed E-state index contributed by atoms with van der Waals surface area (Å²) in [6, 6.07) is 0. The molecule has 0 aromatic carbocycles. The Balaban J connectivity index is 4.33. The second kappa shape index (κ2) is 3.86. The Labute approximate surface area is 73.7 Å². The van der Waals surface area contributed by atoms with Crippen molar-refractivity contribution in [2.45, 2.75) is 27.7 Å². The van der Waals surface area contributed by atoms with E-state index in [4.69, 9.17) is 5.73 Å². The molecule has 0 atom stereocenters. The molecule has 0 saturated carbocycles. The molecule has 0 aliphatic carbocycles. The first-order valence-corrected chi connectivity index (χ1v) is 4.45. The maximum Gasteiger partial charge on any atom is 0.0102 e. The summed E-state index contributed by atoms with van der Waals surface area (Å²) in [6.07, 6.45) is 1.67. The zero-order valence-corrected chi connectivity index (χ0v) is 8.59. The third-order valence-electron chi connectivity index (χ3n) is 1.17. The van der Waals surface area contributed by atoms with E-state index in [-0.39, 0.29) is 5.41 Å². The van der Waals surface area contributed by atoms with Gasteiger partial charge < -0.3 is 5.73 Å². The highest BCUT2D eigenvalue weighted by atomic mass is 32.2. The number of hydrogen-bond donors (Lipinski definition) is 1. The predicted molar refractivity (Wildman–Crippen MR) is 54.1 cm³/mol. The molecule has 0 aromatic heterocycles. The molecule has 2 N–H and O–H groups in total. The third-order valence-corrected chi connectivity index (χ3v) is 2.49. The van der Waals surface area contributed by atoms with E-state index in [1.54, 1.807) is 18.0 Å². The van der Waals surface area contributed by atoms with Crippen molar-refractivity contribution in [2.24, 2.45) is 11.1 Å². The molecule has 0 aromatic rings. The standard InChI is InChI=1S/C9H17NS/c1-7(2)11-8(6-10)9(3,4)5/h6H,1,10H2,2-5H3/b8-6-. The second-order valence-electron chi connectivity index (χ2n) is 3.58. The van der Waals surface area contributed by atoms with E-state index in [9.17, 15) is 0 Å². The molecule has 0 radical (unpaired) electrons. The van der Waals surface area contributed by atoms with Gasteiger partial charge in [-0.3, -0.25) is 0 Å². The first-order valence-electron chi connectivity index (χ1n) is 3.63. The number of nitrogens with two attached hydrogens (primary N) is 1. The molecule has 0 unspecified atom stereocenters. The minimum atomic E-state index is 0.137. The van der Waals surface area contributed by atoms with Crippen LogP contribution in [0.25, 0.3) is 0 Å². The largest absolute Gasteiger partial charge is 0.404 e. The molecule has 0 rings (SSSR count). The van der Waals surface area contributed by atoms with Crippen LogP contribution in [0.4, 0.5) is 0 Å². The summed E-state index contributed by atoms with van der Waals surface area (Å²) in [6.45, 7) is 12.2. The van der Waals surface area contributed by atoms with Crippen molar-refractivity contribution >= 4 is 11.8 Å². The summed E-state index contributed by atoms with van der Waals surface area (Å²) in [5, 5.41) is 0. The first kappa shape index (κ1) is 10.6. The molecule has 0 spiro atoms. The third kappa shape index (κ3) is 4.14. The Bertz CT molecular complexity index is 174. The Morgan fingerprint density at radius 3 is 2.00 bits per heavy atom. The van der Waals surface area contributed by atoms with Crippen LogP contribution >= 0.6 is 11.8 Å². The van der Waals surface area contributed by atoms with Crippen LogP contribution in [0, 0.1) is 5.41 Å². The van der Waals surface area contributed by atoms with E-state index in [2.05, 4.69) is 27.4 Å². The highest BCUT2D eigenvalue weighted by Gasteiger charge is 2.16. The summed E-state index contributed by atoms with van der Waals surface area (Å²) < 4.78 is 0. The summed E-state index contributed by atoms with van der Waals surface area (Å²) >= 11 is 1.65. The quantitative estimate of drug-likeness (QED) is 0.691. The minimum absolute atomic E-state index is 0.137. The first-order chi connectivity index (χ1) is 4.88. The van der Waals surface area contributed by atoms with Crippen LogP contribution in [0.5, 0.6) is 0 Å². The molecule has 0 aliphatic rings. The highest BCUT2D eigenvalue weighted by molar-refractivity contribution is 8.06. The summed E-state index contributed by atoms with van der Waals surface area (Å²) in [4.78, 5) is 2.25. The van der Waals surface area contributed by atoms with Gasteiger partial charge in [-0.15, -0.1) is 0 Å². The molecule has 0 heterocycles. The average molecular weight is 171 g/mol. The molecule has 0 fully saturated rings. The molecule has 0 aliphatic heterocycles. The lowest BCUT2D eigenvalue weighted by Gasteiger charge is -2.21. The molecular weight excluding hydrogens is 154 g/mol. The molecule has 64 valence electrons. The minimum Gasteiger partial charge on any atom is -0.404 e. The number of thioether (sulfide) groups is 1. The van der Waals surface area contributed by atoms with Gasteiger partial charge in [-0.25, -0.2) is 0 Å². The van der Waals surface area contributed by atoms with Crippen LogP contribution in [0.15, 0.2) is 22.6 Å². The molecule has 1 nitrogen and oxygen atoms in total. The van der Waals surface area contributed by atoms with E-state index in [1.165, 1.54) is 4.91 Å². The molecule has 2 heteroatoms. The van der Waals surface area contributed by atoms with Crippen LogP contribution in [0.1, 0.15) is 27.7 Å². The van der Waals surface area contributed by atoms with E-state index in [1.807, 2.05) is 6.92 Å². The Morgan fingerprint density at radius 1 is 1.45 bits per heavy atom. The van der Waals surface area contributed by atoms with Gasteiger partial charge in [0.05, 0.1) is 0 Å². The van der Waals surface area contributed by atoms with Gasteiger partial charge >= 0.3 is 0 Å². The topological polar surface area (TPSA) is 26.0 Å². The Morgan fingerprint density at radius 2 is 1.91 bits per heavy atom. The zero-order valence-electron chi connectivity index (χ0n) is 7.77. The van der Waals surface area contributed by atoms with Crippen molar-refractivity contribution < 1.29 is 0 Å². The number of allylic oxidation sites excluding steroid dienone is 2. The fraction of sp³-hybridized carbons (Fsp3) is 0.556. The van der Waals surface area contributed by atoms with Crippen LogP contribution in [0.3, 0.4) is 0 Å². The maximum atomic E-state index is 5.48. The van der Waals surface area contributed by atoms with E-state index < -0.39 is 0 Å². The van der Waals surface area contributed by atoms with Gasteiger partial charge in [-0.05, 0) is 17.2 Å². The fourth-order valence-electron chi connectivity index (χ4n) is 0.625. The van der Waals surface area contributed by atoms with Crippen LogP contribution in [-0.4, -0.2) is 0 Å². The molecule has 11 heavy (non-hydrogen) atoms. The SMILES string of the molecule is C=C(C)S/C(=C\N)C(C)(C)C. The molecular formula is C9H17NS. The van der Waals surface area contributed by atoms with Gasteiger partial charge in [0, 0.05) is 11.1 Å². The van der Waals surface area contributed by atoms with Crippen LogP contribution < -0.4 is 5.73 Å². The van der Waals surface area contributed by atoms with Crippen molar-refractivity contribution in [1.29, 1.82) is 0 Å². The number of hydrogen-bond acceptors (Lipinski definition) is 2. The maximum absolute atomic E-state index is 5.48. The lowest BCUT2D eigenvalue weighted by molar-refractivity contribution is 0.532. The highest BCUT2D eigenvalue weighted by Crippen LogP contribution is 2.36. The lowest BCUT2D eigenvalue weighted by atomic mass is 9.97. The van der Waals surface area contributed by atoms with Gasteiger partial charge in [0.15, 0.2) is 0 Å². The monoisotopic (exact) mass is 171 g/mol. The molecule has 0 bridgehead atoms. The van der Waals surface area contributed by atoms with Gasteiger partial charge in [-0.1, -0.05) is 39.1 Å². The van der Waals surface area contributed by atoms with E-state index in [0.717, 1.165) is 4.91 Å². The number of rotatable bonds is 2. The lowest BCUT2D eigenvalue weighted by Crippen LogP contribution is -2.08. The summed E-state index contributed by atoms with van der Waals surface area (Å²) in [5.74, 6) is 0. The summed E-state index contributed by atoms with van der Waals surface area (Å²) in [5.41, 5.74) is 5.62. The predicted octanol–water partition coefficient (Wildman–Crippen LogP) is 3.10. The summed E-state index contributed by atoms with van der Waals surface area (Å²) in [7, 11) is 0. The zero-order chi connectivity index (χ0) is 9.07. The fourth-order valence-corrected chi connectivity index (χ4v) is 1.37. The smallest absolute Gasteiger partial charge is 0.0102 e. The van der Waals surface area contributed by atoms with Crippen molar-refractivity contribution in [3.63, 3.8) is 0 Å². The average Bonchev–Trinajstić information content (AvgIpc) is 1.79. The van der Waals surface area contributed by atoms with Crippen LogP contribution in [0.2, 0.25) is 0 Å². The van der Waals surface area contributed by atoms with Crippen molar-refractivity contribution in [3.05, 3.63) is 22.6 Å². The van der Waals surface area contributed by atoms with Crippen molar-refractivity contribution in [1.82, 2.24) is 0 Å². The van der Waals surface area contributed by atoms with Gasteiger partial charge in [-0.2, -0.15) is 0 Å².